The number of aromatic nitrogens is 3. The molecule has 46 heavy (non-hydrogen) atoms. The molecule has 2 N–H and O–H groups in total. The van der Waals surface area contributed by atoms with Crippen molar-refractivity contribution in [2.75, 3.05) is 29.9 Å². The number of fused-ring (bicyclic) bond motifs is 2. The maximum atomic E-state index is 17.3. The van der Waals surface area contributed by atoms with E-state index in [1.54, 1.807) is 26.1 Å². The van der Waals surface area contributed by atoms with Gasteiger partial charge in [0.25, 0.3) is 5.91 Å². The Hall–Kier alpha value is -5.33. The molecule has 2 atom stereocenters. The first-order valence-corrected chi connectivity index (χ1v) is 14.7. The highest BCUT2D eigenvalue weighted by Crippen LogP contribution is 2.49. The summed E-state index contributed by atoms with van der Waals surface area (Å²) >= 11 is 0. The molecule has 0 saturated carbocycles. The van der Waals surface area contributed by atoms with Crippen LogP contribution < -0.4 is 15.5 Å². The number of carbonyl (C=O) groups is 2. The lowest BCUT2D eigenvalue weighted by Gasteiger charge is -2.45. The van der Waals surface area contributed by atoms with Crippen molar-refractivity contribution in [2.45, 2.75) is 45.7 Å². The van der Waals surface area contributed by atoms with Crippen LogP contribution in [0, 0.1) is 18.6 Å². The molecule has 0 aliphatic carbocycles. The average Bonchev–Trinajstić information content (AvgIpc) is 3.09. The van der Waals surface area contributed by atoms with E-state index < -0.39 is 75.1 Å². The number of pyridine rings is 1. The zero-order valence-corrected chi connectivity index (χ0v) is 25.9. The molecule has 2 aromatic heterocycles. The lowest BCUT2D eigenvalue weighted by Crippen LogP contribution is -2.63. The van der Waals surface area contributed by atoms with Gasteiger partial charge < -0.3 is 24.9 Å². The summed E-state index contributed by atoms with van der Waals surface area (Å²) in [6.07, 6.45) is 2.69. The number of likely N-dealkylation sites (N-methyl/N-ethyl adjacent to an activating group) is 1. The number of aryl methyl sites for hydroxylation is 1. The summed E-state index contributed by atoms with van der Waals surface area (Å²) in [5.74, 6) is -5.21. The lowest BCUT2D eigenvalue weighted by atomic mass is 9.97. The molecule has 2 aliphatic heterocycles. The van der Waals surface area contributed by atoms with Crippen molar-refractivity contribution in [3.05, 3.63) is 76.5 Å². The maximum Gasteiger partial charge on any atom is 0.354 e. The van der Waals surface area contributed by atoms with Crippen molar-refractivity contribution in [3.8, 4) is 28.3 Å². The Bertz CT molecular complexity index is 2020. The number of carbonyl (C=O) groups excluding carboxylic acids is 2. The molecule has 1 saturated heterocycles. The highest BCUT2D eigenvalue weighted by Gasteiger charge is 2.46. The van der Waals surface area contributed by atoms with Gasteiger partial charge in [0.1, 0.15) is 28.9 Å². The van der Waals surface area contributed by atoms with E-state index in [4.69, 9.17) is 0 Å². The zero-order chi connectivity index (χ0) is 33.4. The molecule has 6 rings (SSSR count). The van der Waals surface area contributed by atoms with Crippen LogP contribution in [0.15, 0.2) is 47.9 Å². The minimum Gasteiger partial charge on any atom is -0.507 e. The first-order valence-electron chi connectivity index (χ1n) is 14.7. The third-order valence-corrected chi connectivity index (χ3v) is 8.73. The third-order valence-electron chi connectivity index (χ3n) is 8.73. The van der Waals surface area contributed by atoms with Gasteiger partial charge in [-0.1, -0.05) is 26.5 Å². The molecule has 13 heteroatoms. The van der Waals surface area contributed by atoms with Crippen LogP contribution in [-0.2, 0) is 9.59 Å². The summed E-state index contributed by atoms with van der Waals surface area (Å²) in [6, 6.07) is 3.53. The Morgan fingerprint density at radius 2 is 1.74 bits per heavy atom. The fraction of sp³-hybridized carbons (Fsp3) is 0.303. The highest BCUT2D eigenvalue weighted by atomic mass is 19.1. The summed E-state index contributed by atoms with van der Waals surface area (Å²) in [5.41, 5.74) is -1.92. The van der Waals surface area contributed by atoms with Crippen molar-refractivity contribution in [2.24, 2.45) is 0 Å². The van der Waals surface area contributed by atoms with Gasteiger partial charge in [-0.2, -0.15) is 4.98 Å². The SMILES string of the molecule is C=CC(=O)N1CC(C)N2c3nc(=O)n(-c4c(C)ccnc4C(C)C)c4c(F)c(-c5c(O)cccc5O)c(F)c(c34)N(C)C(=O)C2C1. The monoisotopic (exact) mass is 630 g/mol. The molecule has 0 spiro atoms. The van der Waals surface area contributed by atoms with Gasteiger partial charge in [-0.3, -0.25) is 19.1 Å². The van der Waals surface area contributed by atoms with E-state index in [9.17, 15) is 24.6 Å². The van der Waals surface area contributed by atoms with E-state index in [1.807, 2.05) is 13.8 Å². The molecular weight excluding hydrogens is 598 g/mol. The summed E-state index contributed by atoms with van der Waals surface area (Å²) in [6.45, 7) is 10.7. The predicted molar refractivity (Wildman–Crippen MR) is 169 cm³/mol. The number of benzene rings is 2. The topological polar surface area (TPSA) is 132 Å². The van der Waals surface area contributed by atoms with Crippen molar-refractivity contribution in [1.29, 1.82) is 0 Å². The van der Waals surface area contributed by atoms with Crippen molar-refractivity contribution >= 4 is 34.2 Å². The number of halogens is 2. The molecule has 0 bridgehead atoms. The average molecular weight is 631 g/mol. The second kappa shape index (κ2) is 10.9. The molecule has 1 fully saturated rings. The number of hydrogen-bond acceptors (Lipinski definition) is 8. The first kappa shape index (κ1) is 30.7. The van der Waals surface area contributed by atoms with Gasteiger partial charge in [0.15, 0.2) is 11.6 Å². The van der Waals surface area contributed by atoms with E-state index in [-0.39, 0.29) is 35.9 Å². The Kier molecular flexibility index (Phi) is 7.29. The van der Waals surface area contributed by atoms with Crippen molar-refractivity contribution in [3.63, 3.8) is 0 Å². The lowest BCUT2D eigenvalue weighted by molar-refractivity contribution is -0.129. The molecule has 238 valence electrons. The van der Waals surface area contributed by atoms with Crippen molar-refractivity contribution in [1.82, 2.24) is 19.4 Å². The number of anilines is 2. The molecule has 2 aromatic carbocycles. The van der Waals surface area contributed by atoms with E-state index in [1.165, 1.54) is 22.9 Å². The van der Waals surface area contributed by atoms with Gasteiger partial charge in [-0.05, 0) is 49.6 Å². The number of amides is 2. The Morgan fingerprint density at radius 1 is 1.07 bits per heavy atom. The Labute approximate surface area is 262 Å². The Morgan fingerprint density at radius 3 is 2.37 bits per heavy atom. The van der Waals surface area contributed by atoms with Crippen LogP contribution in [0.1, 0.15) is 37.9 Å². The summed E-state index contributed by atoms with van der Waals surface area (Å²) in [7, 11) is 1.31. The third kappa shape index (κ3) is 4.32. The number of phenolic OH excluding ortho intramolecular Hbond substituents is 2. The van der Waals surface area contributed by atoms with E-state index >= 15 is 8.78 Å². The number of piperazine rings is 1. The number of hydrogen-bond donors (Lipinski definition) is 2. The van der Waals surface area contributed by atoms with E-state index in [2.05, 4.69) is 16.5 Å². The fourth-order valence-electron chi connectivity index (χ4n) is 6.66. The van der Waals surface area contributed by atoms with Gasteiger partial charge in [-0.25, -0.2) is 13.6 Å². The summed E-state index contributed by atoms with van der Waals surface area (Å²) in [4.78, 5) is 53.9. The molecule has 0 radical (unpaired) electrons. The standard InChI is InChI=1S/C33H32F2N6O5/c1-7-21(44)39-13-17(5)40-18(14-39)32(45)38(6)29-24-30(26(35)23(25(29)34)22-19(42)9-8-10-20(22)43)41(33(46)37-31(24)40)28-16(4)11-12-36-27(28)15(2)3/h7-12,15,17-18,42-43H,1,13-14H2,2-6H3. The smallest absolute Gasteiger partial charge is 0.354 e. The second-order valence-electron chi connectivity index (χ2n) is 11.9. The molecule has 11 nitrogen and oxygen atoms in total. The minimum atomic E-state index is -1.26. The molecule has 2 unspecified atom stereocenters. The molecular formula is C33H32F2N6O5. The van der Waals surface area contributed by atoms with Crippen LogP contribution in [0.25, 0.3) is 27.7 Å². The van der Waals surface area contributed by atoms with Crippen LogP contribution in [0.3, 0.4) is 0 Å². The van der Waals surface area contributed by atoms with Gasteiger partial charge in [-0.15, -0.1) is 0 Å². The summed E-state index contributed by atoms with van der Waals surface area (Å²) in [5, 5.41) is 21.4. The van der Waals surface area contributed by atoms with Gasteiger partial charge >= 0.3 is 5.69 Å². The molecule has 2 aliphatic rings. The number of aromatic hydroxyl groups is 2. The largest absolute Gasteiger partial charge is 0.507 e. The van der Waals surface area contributed by atoms with Crippen LogP contribution >= 0.6 is 0 Å². The van der Waals surface area contributed by atoms with Crippen LogP contribution in [-0.4, -0.2) is 73.7 Å². The van der Waals surface area contributed by atoms with E-state index in [0.717, 1.165) is 27.7 Å². The van der Waals surface area contributed by atoms with Gasteiger partial charge in [0.2, 0.25) is 5.91 Å². The fourth-order valence-corrected chi connectivity index (χ4v) is 6.66. The quantitative estimate of drug-likeness (QED) is 0.322. The van der Waals surface area contributed by atoms with E-state index in [0.29, 0.717) is 11.3 Å². The zero-order valence-electron chi connectivity index (χ0n) is 25.9. The van der Waals surface area contributed by atoms with Gasteiger partial charge in [0, 0.05) is 25.8 Å². The Balaban J connectivity index is 1.84. The first-order chi connectivity index (χ1) is 21.8. The van der Waals surface area contributed by atoms with Crippen LogP contribution in [0.2, 0.25) is 0 Å². The number of phenols is 2. The van der Waals surface area contributed by atoms with Crippen LogP contribution in [0.4, 0.5) is 20.3 Å². The number of rotatable bonds is 4. The van der Waals surface area contributed by atoms with Gasteiger partial charge in [0.05, 0.1) is 40.1 Å². The van der Waals surface area contributed by atoms with Crippen molar-refractivity contribution < 1.29 is 28.6 Å². The van der Waals surface area contributed by atoms with Crippen LogP contribution in [0.5, 0.6) is 11.5 Å². The number of nitrogens with zero attached hydrogens (tertiary/aromatic N) is 6. The molecule has 4 aromatic rings. The second-order valence-corrected chi connectivity index (χ2v) is 11.9. The minimum absolute atomic E-state index is 0.119. The highest BCUT2D eigenvalue weighted by molar-refractivity contribution is 6.14. The normalized spacial score (nSPS) is 17.8. The molecule has 4 heterocycles. The maximum absolute atomic E-state index is 17.3. The molecule has 2 amide bonds. The summed E-state index contributed by atoms with van der Waals surface area (Å²) < 4.78 is 35.3. The predicted octanol–water partition coefficient (Wildman–Crippen LogP) is 4.14.